The zero-order chi connectivity index (χ0) is 40.6. The predicted molar refractivity (Wildman–Crippen MR) is 201 cm³/mol. The van der Waals surface area contributed by atoms with Crippen molar-refractivity contribution in [3.8, 4) is 0 Å². The van der Waals surface area contributed by atoms with Crippen LogP contribution in [0.15, 0.2) is 11.6 Å². The molecule has 4 aliphatic carbocycles. The molecule has 0 aromatic rings. The second-order valence-electron chi connectivity index (χ2n) is 20.1. The van der Waals surface area contributed by atoms with Gasteiger partial charge >= 0.3 is 0 Å². The third kappa shape index (κ3) is 7.20. The van der Waals surface area contributed by atoms with E-state index in [1.807, 2.05) is 6.92 Å². The van der Waals surface area contributed by atoms with E-state index in [9.17, 15) is 46.0 Å². The summed E-state index contributed by atoms with van der Waals surface area (Å²) in [5.41, 5.74) is -0.405. The summed E-state index contributed by atoms with van der Waals surface area (Å²) in [6, 6.07) is 0. The summed E-state index contributed by atoms with van der Waals surface area (Å²) in [6.45, 7) is 16.5. The first-order valence-electron chi connectivity index (χ1n) is 20.9. The van der Waals surface area contributed by atoms with Crippen molar-refractivity contribution in [2.45, 2.75) is 192 Å². The molecule has 0 bridgehead atoms. The molecular formula is C42H72O13. The number of allylic oxidation sites excluding steroid dienone is 2. The average molecular weight is 785 g/mol. The maximum atomic E-state index is 12.2. The molecule has 2 aliphatic heterocycles. The van der Waals surface area contributed by atoms with E-state index in [4.69, 9.17) is 18.9 Å². The summed E-state index contributed by atoms with van der Waals surface area (Å²) in [7, 11) is 0. The lowest BCUT2D eigenvalue weighted by Gasteiger charge is -2.70. The van der Waals surface area contributed by atoms with E-state index in [1.165, 1.54) is 5.57 Å². The van der Waals surface area contributed by atoms with E-state index < -0.39 is 97.8 Å². The summed E-state index contributed by atoms with van der Waals surface area (Å²) in [4.78, 5) is 0. The van der Waals surface area contributed by atoms with Crippen LogP contribution in [0.3, 0.4) is 0 Å². The maximum absolute atomic E-state index is 12.2. The van der Waals surface area contributed by atoms with Crippen molar-refractivity contribution in [2.75, 3.05) is 13.2 Å². The van der Waals surface area contributed by atoms with E-state index in [0.29, 0.717) is 19.3 Å². The van der Waals surface area contributed by atoms with Gasteiger partial charge in [-0.05, 0) is 124 Å². The number of hydrogen-bond acceptors (Lipinski definition) is 13. The van der Waals surface area contributed by atoms with Crippen molar-refractivity contribution in [2.24, 2.45) is 45.3 Å². The van der Waals surface area contributed by atoms with Crippen LogP contribution in [0.1, 0.15) is 113 Å². The van der Waals surface area contributed by atoms with Crippen LogP contribution in [0.25, 0.3) is 0 Å². The molecule has 6 aliphatic rings. The first kappa shape index (κ1) is 43.8. The third-order valence-electron chi connectivity index (χ3n) is 16.6. The highest BCUT2D eigenvalue weighted by Gasteiger charge is 2.71. The Morgan fingerprint density at radius 2 is 1.33 bits per heavy atom. The van der Waals surface area contributed by atoms with E-state index >= 15 is 0 Å². The van der Waals surface area contributed by atoms with Crippen LogP contribution in [0.5, 0.6) is 0 Å². The van der Waals surface area contributed by atoms with Crippen molar-refractivity contribution >= 4 is 0 Å². The Balaban J connectivity index is 1.23. The zero-order valence-electron chi connectivity index (χ0n) is 34.3. The van der Waals surface area contributed by atoms with Crippen LogP contribution in [0.2, 0.25) is 0 Å². The summed E-state index contributed by atoms with van der Waals surface area (Å²) in [6.07, 6.45) is -6.48. The number of aliphatic hydroxyl groups excluding tert-OH is 8. The number of ether oxygens (including phenoxy) is 4. The quantitative estimate of drug-likeness (QED) is 0.115. The topological polar surface area (TPSA) is 219 Å². The lowest BCUT2D eigenvalue weighted by molar-refractivity contribution is -0.378. The molecule has 6 fully saturated rings. The van der Waals surface area contributed by atoms with Gasteiger partial charge in [0.1, 0.15) is 48.8 Å². The van der Waals surface area contributed by atoms with Gasteiger partial charge in [-0.1, -0.05) is 46.3 Å². The molecule has 0 radical (unpaired) electrons. The minimum atomic E-state index is -1.75. The standard InChI is InChI=1S/C42H72O13/c1-21(2)10-9-14-42(8,51)22-11-16-41(7)29(22)23(45)18-27-39(5)15-13-28(38(3,4)26(39)12-17-40(27,41)6)54-37-35(33(49)31(47)25(20-44)53-37)55-36-34(50)32(48)30(46)24(19-43)52-36/h10,22-37,43-51H,9,11-20H2,1-8H3/t22-,23+,24+,25+,26-,27+,28-,29-,30+,31+,32-,33-,34+,35+,36-,37-,39-,40+,41+,42-/m1/s1. The smallest absolute Gasteiger partial charge is 0.187 e. The van der Waals surface area contributed by atoms with E-state index in [-0.39, 0.29) is 39.9 Å². The fraction of sp³-hybridized carbons (Fsp3) is 0.952. The molecule has 0 unspecified atom stereocenters. The SMILES string of the molecule is CC(C)=CCC[C@@](C)(O)[C@@H]1CC[C@@]2(C)[C@H]1[C@@H](O)C[C@H]1[C@]3(C)CC[C@@H](O[C@H]4O[C@@H](CO)[C@H](O)[C@@H](O)[C@@H]4O[C@H]4O[C@@H](CO)[C@H](O)[C@@H](O)[C@@H]4O)C(C)(C)[C@H]3CC[C@@]12C. The first-order valence-corrected chi connectivity index (χ1v) is 20.9. The minimum Gasteiger partial charge on any atom is -0.394 e. The lowest BCUT2D eigenvalue weighted by atomic mass is 9.35. The molecule has 13 heteroatoms. The summed E-state index contributed by atoms with van der Waals surface area (Å²) in [5, 5.41) is 97.4. The Labute approximate surface area is 327 Å². The van der Waals surface area contributed by atoms with Gasteiger partial charge in [-0.2, -0.15) is 0 Å². The Bertz CT molecular complexity index is 1370. The molecular weight excluding hydrogens is 712 g/mol. The molecule has 0 aromatic heterocycles. The Morgan fingerprint density at radius 3 is 1.95 bits per heavy atom. The van der Waals surface area contributed by atoms with Gasteiger partial charge in [0.2, 0.25) is 0 Å². The van der Waals surface area contributed by atoms with Gasteiger partial charge in [0.25, 0.3) is 0 Å². The summed E-state index contributed by atoms with van der Waals surface area (Å²) < 4.78 is 24.4. The number of aliphatic hydroxyl groups is 9. The van der Waals surface area contributed by atoms with Crippen molar-refractivity contribution in [3.05, 3.63) is 11.6 Å². The molecule has 13 nitrogen and oxygen atoms in total. The fourth-order valence-corrected chi connectivity index (χ4v) is 13.3. The molecule has 2 heterocycles. The zero-order valence-corrected chi connectivity index (χ0v) is 34.3. The van der Waals surface area contributed by atoms with Gasteiger partial charge in [0, 0.05) is 0 Å². The summed E-state index contributed by atoms with van der Waals surface area (Å²) >= 11 is 0. The van der Waals surface area contributed by atoms with E-state index in [2.05, 4.69) is 54.5 Å². The fourth-order valence-electron chi connectivity index (χ4n) is 13.3. The molecule has 318 valence electrons. The van der Waals surface area contributed by atoms with Gasteiger partial charge < -0.3 is 64.9 Å². The minimum absolute atomic E-state index is 0.00798. The molecule has 2 saturated heterocycles. The highest BCUT2D eigenvalue weighted by Crippen LogP contribution is 2.76. The molecule has 9 N–H and O–H groups in total. The highest BCUT2D eigenvalue weighted by atomic mass is 16.8. The normalized spacial score (nSPS) is 52.0. The maximum Gasteiger partial charge on any atom is 0.187 e. The third-order valence-corrected chi connectivity index (χ3v) is 16.6. The molecule has 0 amide bonds. The summed E-state index contributed by atoms with van der Waals surface area (Å²) in [5.74, 6) is 0.445. The van der Waals surface area contributed by atoms with Gasteiger partial charge in [-0.25, -0.2) is 0 Å². The van der Waals surface area contributed by atoms with Crippen LogP contribution < -0.4 is 0 Å². The second-order valence-corrected chi connectivity index (χ2v) is 20.1. The highest BCUT2D eigenvalue weighted by molar-refractivity contribution is 5.20. The number of rotatable bonds is 10. The van der Waals surface area contributed by atoms with Crippen LogP contribution >= 0.6 is 0 Å². The molecule has 55 heavy (non-hydrogen) atoms. The molecule has 20 atom stereocenters. The van der Waals surface area contributed by atoms with Gasteiger partial charge in [0.05, 0.1) is 31.0 Å². The first-order chi connectivity index (χ1) is 25.6. The Kier molecular flexibility index (Phi) is 12.5. The van der Waals surface area contributed by atoms with Crippen molar-refractivity contribution < 1.29 is 64.9 Å². The molecule has 4 saturated carbocycles. The van der Waals surface area contributed by atoms with E-state index in [0.717, 1.165) is 38.5 Å². The average Bonchev–Trinajstić information content (AvgIpc) is 3.50. The molecule has 0 aromatic carbocycles. The van der Waals surface area contributed by atoms with Gasteiger partial charge in [-0.3, -0.25) is 0 Å². The molecule has 0 spiro atoms. The van der Waals surface area contributed by atoms with Crippen molar-refractivity contribution in [1.29, 1.82) is 0 Å². The Hall–Kier alpha value is -0.780. The van der Waals surface area contributed by atoms with Crippen LogP contribution in [0, 0.1) is 45.3 Å². The van der Waals surface area contributed by atoms with Gasteiger partial charge in [-0.15, -0.1) is 0 Å². The lowest BCUT2D eigenvalue weighted by Crippen LogP contribution is -2.68. The van der Waals surface area contributed by atoms with Crippen molar-refractivity contribution in [1.82, 2.24) is 0 Å². The molecule has 6 rings (SSSR count). The Morgan fingerprint density at radius 1 is 0.727 bits per heavy atom. The monoisotopic (exact) mass is 784 g/mol. The van der Waals surface area contributed by atoms with Crippen LogP contribution in [-0.2, 0) is 18.9 Å². The number of fused-ring (bicyclic) bond motifs is 5. The van der Waals surface area contributed by atoms with Crippen molar-refractivity contribution in [3.63, 3.8) is 0 Å². The van der Waals surface area contributed by atoms with E-state index in [1.54, 1.807) is 0 Å². The largest absolute Gasteiger partial charge is 0.394 e. The van der Waals surface area contributed by atoms with Gasteiger partial charge in [0.15, 0.2) is 12.6 Å². The van der Waals surface area contributed by atoms with Crippen LogP contribution in [-0.4, -0.2) is 138 Å². The number of hydrogen-bond donors (Lipinski definition) is 9. The predicted octanol–water partition coefficient (Wildman–Crippen LogP) is 2.15. The second kappa shape index (κ2) is 15.7. The van der Waals surface area contributed by atoms with Crippen LogP contribution in [0.4, 0.5) is 0 Å².